The Morgan fingerprint density at radius 3 is 2.18 bits per heavy atom. The predicted molar refractivity (Wildman–Crippen MR) is 160 cm³/mol. The van der Waals surface area contributed by atoms with E-state index in [2.05, 4.69) is 114 Å². The van der Waals surface area contributed by atoms with E-state index in [0.29, 0.717) is 0 Å². The molecule has 7 aromatic rings. The van der Waals surface area contributed by atoms with Crippen LogP contribution in [0.4, 0.5) is 0 Å². The van der Waals surface area contributed by atoms with Gasteiger partial charge in [0, 0.05) is 49.6 Å². The average molecular weight is 505 g/mol. The van der Waals surface area contributed by atoms with Gasteiger partial charge in [-0.1, -0.05) is 78.9 Å². The van der Waals surface area contributed by atoms with Gasteiger partial charge in [-0.3, -0.25) is 9.97 Å². The topological polar surface area (TPSA) is 25.8 Å². The number of aromatic nitrogens is 2. The lowest BCUT2D eigenvalue weighted by atomic mass is 9.95. The minimum Gasteiger partial charge on any atom is -0.256 e. The summed E-state index contributed by atoms with van der Waals surface area (Å²) in [5.74, 6) is 0. The first-order valence-electron chi connectivity index (χ1n) is 12.8. The summed E-state index contributed by atoms with van der Waals surface area (Å²) in [7, 11) is 0. The minimum atomic E-state index is 0.749. The number of fused-ring (bicyclic) bond motifs is 3. The van der Waals surface area contributed by atoms with E-state index in [4.69, 9.17) is 4.98 Å². The molecule has 0 atom stereocenters. The van der Waals surface area contributed by atoms with Crippen LogP contribution in [0.2, 0.25) is 0 Å². The van der Waals surface area contributed by atoms with Crippen LogP contribution in [0.25, 0.3) is 53.8 Å². The van der Waals surface area contributed by atoms with Crippen molar-refractivity contribution in [3.63, 3.8) is 0 Å². The van der Waals surface area contributed by atoms with Gasteiger partial charge in [-0.2, -0.15) is 0 Å². The van der Waals surface area contributed by atoms with E-state index in [1.54, 1.807) is 0 Å². The molecule has 7 rings (SSSR count). The zero-order valence-electron chi connectivity index (χ0n) is 20.7. The molecule has 3 aromatic heterocycles. The van der Waals surface area contributed by atoms with Gasteiger partial charge >= 0.3 is 0 Å². The number of hydrogen-bond donors (Lipinski definition) is 0. The predicted octanol–water partition coefficient (Wildman–Crippen LogP) is 9.44. The quantitative estimate of drug-likeness (QED) is 0.233. The van der Waals surface area contributed by atoms with Gasteiger partial charge in [-0.05, 0) is 65.2 Å². The summed E-state index contributed by atoms with van der Waals surface area (Å²) in [5.41, 5.74) is 8.91. The van der Waals surface area contributed by atoms with Crippen LogP contribution in [0.5, 0.6) is 0 Å². The fraction of sp³-hybridized carbons (Fsp3) is 0.0286. The molecular weight excluding hydrogens is 480 g/mol. The van der Waals surface area contributed by atoms with Gasteiger partial charge in [0.05, 0.1) is 11.4 Å². The number of rotatable bonds is 5. The van der Waals surface area contributed by atoms with Crippen LogP contribution >= 0.6 is 11.3 Å². The molecule has 3 heteroatoms. The highest BCUT2D eigenvalue weighted by Gasteiger charge is 2.11. The van der Waals surface area contributed by atoms with Crippen molar-refractivity contribution in [2.45, 2.75) is 6.42 Å². The maximum Gasteiger partial charge on any atom is 0.0705 e. The SMILES string of the molecule is c1ccc(-c2cccc(Cc3cc(-c4ccc5c(c4)sc4ccccc45)cc(-c4ccccn4)c3)n2)cc1. The molecule has 0 bridgehead atoms. The molecule has 0 N–H and O–H groups in total. The van der Waals surface area contributed by atoms with Gasteiger partial charge in [0.2, 0.25) is 0 Å². The summed E-state index contributed by atoms with van der Waals surface area (Å²) < 4.78 is 2.64. The first kappa shape index (κ1) is 22.6. The Morgan fingerprint density at radius 1 is 0.500 bits per heavy atom. The normalized spacial score (nSPS) is 11.3. The van der Waals surface area contributed by atoms with Crippen LogP contribution in [-0.4, -0.2) is 9.97 Å². The van der Waals surface area contributed by atoms with Crippen molar-refractivity contribution in [2.75, 3.05) is 0 Å². The van der Waals surface area contributed by atoms with Crippen LogP contribution in [0.1, 0.15) is 11.3 Å². The second kappa shape index (κ2) is 9.70. The van der Waals surface area contributed by atoms with E-state index in [0.717, 1.165) is 34.6 Å². The molecule has 0 fully saturated rings. The Morgan fingerprint density at radius 2 is 1.29 bits per heavy atom. The highest BCUT2D eigenvalue weighted by molar-refractivity contribution is 7.25. The summed E-state index contributed by atoms with van der Waals surface area (Å²) in [6.07, 6.45) is 2.61. The molecule has 0 unspecified atom stereocenters. The zero-order chi connectivity index (χ0) is 25.3. The smallest absolute Gasteiger partial charge is 0.0705 e. The molecule has 0 radical (unpaired) electrons. The van der Waals surface area contributed by atoms with Crippen LogP contribution in [0.3, 0.4) is 0 Å². The van der Waals surface area contributed by atoms with E-state index < -0.39 is 0 Å². The van der Waals surface area contributed by atoms with Crippen molar-refractivity contribution in [1.82, 2.24) is 9.97 Å². The molecule has 0 spiro atoms. The average Bonchev–Trinajstić information content (AvgIpc) is 3.36. The van der Waals surface area contributed by atoms with Gasteiger partial charge < -0.3 is 0 Å². The summed E-state index contributed by atoms with van der Waals surface area (Å²) >= 11 is 1.86. The number of nitrogens with zero attached hydrogens (tertiary/aromatic N) is 2. The van der Waals surface area contributed by atoms with Crippen LogP contribution < -0.4 is 0 Å². The summed E-state index contributed by atoms with van der Waals surface area (Å²) in [6, 6.07) is 45.0. The maximum absolute atomic E-state index is 4.99. The number of pyridine rings is 2. The number of hydrogen-bond acceptors (Lipinski definition) is 3. The Balaban J connectivity index is 1.32. The van der Waals surface area contributed by atoms with Crippen molar-refractivity contribution in [1.29, 1.82) is 0 Å². The summed E-state index contributed by atoms with van der Waals surface area (Å²) in [5, 5.41) is 2.64. The molecule has 0 saturated heterocycles. The molecule has 3 heterocycles. The third kappa shape index (κ3) is 4.38. The molecule has 2 nitrogen and oxygen atoms in total. The lowest BCUT2D eigenvalue weighted by Gasteiger charge is -2.11. The second-order valence-corrected chi connectivity index (χ2v) is 10.6. The van der Waals surface area contributed by atoms with Crippen molar-refractivity contribution in [3.8, 4) is 33.6 Å². The van der Waals surface area contributed by atoms with E-state index in [1.807, 2.05) is 35.7 Å². The molecule has 0 aliphatic carbocycles. The van der Waals surface area contributed by atoms with Crippen molar-refractivity contribution >= 4 is 31.5 Å². The molecule has 180 valence electrons. The molecule has 0 aliphatic rings. The summed E-state index contributed by atoms with van der Waals surface area (Å²) in [6.45, 7) is 0. The standard InChI is InChI=1S/C35H24N2S/c1-2-9-25(10-3-1)33-14-8-11-29(37-33)21-24-19-27(22-28(20-24)32-13-6-7-18-36-32)26-16-17-31-30-12-4-5-15-34(30)38-35(31)23-26/h1-20,22-23H,21H2. The van der Waals surface area contributed by atoms with Gasteiger partial charge in [-0.25, -0.2) is 0 Å². The largest absolute Gasteiger partial charge is 0.256 e. The van der Waals surface area contributed by atoms with Crippen molar-refractivity contribution in [2.24, 2.45) is 0 Å². The van der Waals surface area contributed by atoms with E-state index >= 15 is 0 Å². The Kier molecular flexibility index (Phi) is 5.76. The van der Waals surface area contributed by atoms with Crippen LogP contribution in [0, 0.1) is 0 Å². The zero-order valence-corrected chi connectivity index (χ0v) is 21.5. The van der Waals surface area contributed by atoms with Gasteiger partial charge in [0.15, 0.2) is 0 Å². The van der Waals surface area contributed by atoms with Gasteiger partial charge in [0.25, 0.3) is 0 Å². The minimum absolute atomic E-state index is 0.749. The van der Waals surface area contributed by atoms with Crippen LogP contribution in [-0.2, 0) is 6.42 Å². The Labute approximate surface area is 225 Å². The molecule has 0 aliphatic heterocycles. The Hall–Kier alpha value is -4.60. The van der Waals surface area contributed by atoms with E-state index in [1.165, 1.54) is 36.9 Å². The maximum atomic E-state index is 4.99. The Bertz CT molecular complexity index is 1890. The second-order valence-electron chi connectivity index (χ2n) is 9.50. The fourth-order valence-corrected chi connectivity index (χ4v) is 6.25. The molecule has 0 saturated carbocycles. The third-order valence-electron chi connectivity index (χ3n) is 6.93. The lowest BCUT2D eigenvalue weighted by Crippen LogP contribution is -1.96. The lowest BCUT2D eigenvalue weighted by molar-refractivity contribution is 1.08. The molecular formula is C35H24N2S. The van der Waals surface area contributed by atoms with Crippen LogP contribution in [0.15, 0.2) is 134 Å². The van der Waals surface area contributed by atoms with Crippen molar-refractivity contribution in [3.05, 3.63) is 145 Å². The van der Waals surface area contributed by atoms with Gasteiger partial charge in [0.1, 0.15) is 0 Å². The molecule has 38 heavy (non-hydrogen) atoms. The monoisotopic (exact) mass is 504 g/mol. The van der Waals surface area contributed by atoms with Crippen molar-refractivity contribution < 1.29 is 0 Å². The number of thiophene rings is 1. The molecule has 4 aromatic carbocycles. The third-order valence-corrected chi connectivity index (χ3v) is 8.06. The van der Waals surface area contributed by atoms with E-state index in [-0.39, 0.29) is 0 Å². The first-order chi connectivity index (χ1) is 18.8. The first-order valence-corrected chi connectivity index (χ1v) is 13.6. The molecule has 0 amide bonds. The highest BCUT2D eigenvalue weighted by Crippen LogP contribution is 2.37. The summed E-state index contributed by atoms with van der Waals surface area (Å²) in [4.78, 5) is 9.65. The van der Waals surface area contributed by atoms with E-state index in [9.17, 15) is 0 Å². The number of benzene rings is 4. The fourth-order valence-electron chi connectivity index (χ4n) is 5.10. The van der Waals surface area contributed by atoms with Gasteiger partial charge in [-0.15, -0.1) is 11.3 Å². The highest BCUT2D eigenvalue weighted by atomic mass is 32.1.